The fourth-order valence-corrected chi connectivity index (χ4v) is 3.40. The molecule has 3 heterocycles. The van der Waals surface area contributed by atoms with E-state index in [-0.39, 0.29) is 23.5 Å². The molecule has 2 aromatic heterocycles. The number of nitrogens with one attached hydrogen (secondary N) is 1. The predicted molar refractivity (Wildman–Crippen MR) is 103 cm³/mol. The average Bonchev–Trinajstić information content (AvgIpc) is 3.27. The molecule has 0 spiro atoms. The first-order valence-corrected chi connectivity index (χ1v) is 8.78. The standard InChI is InChI=1S/C17H19ClFN7.ClH/c1-24-6-5-21-17(24)16-9-20-4-7-25(16)10-12-11-26(23-22-12)13-2-3-15(19)14(18)8-13;/h2-3,5-6,8,11,16,20H,4,7,9-10H2,1H3;1H. The van der Waals surface area contributed by atoms with Crippen molar-refractivity contribution >= 4 is 24.0 Å². The minimum atomic E-state index is -0.450. The molecule has 10 heteroatoms. The summed E-state index contributed by atoms with van der Waals surface area (Å²) in [6.07, 6.45) is 5.62. The van der Waals surface area contributed by atoms with Crippen molar-refractivity contribution in [1.29, 1.82) is 0 Å². The summed E-state index contributed by atoms with van der Waals surface area (Å²) in [7, 11) is 2.00. The van der Waals surface area contributed by atoms with Crippen LogP contribution in [0.25, 0.3) is 5.69 Å². The van der Waals surface area contributed by atoms with Gasteiger partial charge in [-0.2, -0.15) is 0 Å². The van der Waals surface area contributed by atoms with Gasteiger partial charge in [0.25, 0.3) is 0 Å². The van der Waals surface area contributed by atoms with Crippen molar-refractivity contribution in [2.45, 2.75) is 12.6 Å². The number of nitrogens with zero attached hydrogens (tertiary/aromatic N) is 6. The summed E-state index contributed by atoms with van der Waals surface area (Å²) in [5, 5.41) is 11.9. The van der Waals surface area contributed by atoms with Crippen LogP contribution in [-0.2, 0) is 13.6 Å². The van der Waals surface area contributed by atoms with E-state index in [1.165, 1.54) is 12.1 Å². The van der Waals surface area contributed by atoms with Crippen molar-refractivity contribution in [3.63, 3.8) is 0 Å². The molecular weight excluding hydrogens is 392 g/mol. The van der Waals surface area contributed by atoms with Gasteiger partial charge in [-0.15, -0.1) is 17.5 Å². The summed E-state index contributed by atoms with van der Waals surface area (Å²) in [6, 6.07) is 4.67. The van der Waals surface area contributed by atoms with Gasteiger partial charge >= 0.3 is 0 Å². The average molecular weight is 412 g/mol. The lowest BCUT2D eigenvalue weighted by molar-refractivity contribution is 0.143. The van der Waals surface area contributed by atoms with Gasteiger partial charge in [0.2, 0.25) is 0 Å². The Bertz CT molecular complexity index is 910. The first-order chi connectivity index (χ1) is 12.6. The van der Waals surface area contributed by atoms with Crippen LogP contribution in [-0.4, -0.2) is 49.1 Å². The molecule has 144 valence electrons. The summed E-state index contributed by atoms with van der Waals surface area (Å²) >= 11 is 5.86. The molecule has 1 aromatic carbocycles. The lowest BCUT2D eigenvalue weighted by Crippen LogP contribution is -2.46. The van der Waals surface area contributed by atoms with Gasteiger partial charge in [0.15, 0.2) is 0 Å². The largest absolute Gasteiger partial charge is 0.337 e. The van der Waals surface area contributed by atoms with Crippen molar-refractivity contribution in [3.05, 3.63) is 59.1 Å². The fourth-order valence-electron chi connectivity index (χ4n) is 3.22. The molecule has 27 heavy (non-hydrogen) atoms. The van der Waals surface area contributed by atoms with Crippen molar-refractivity contribution in [3.8, 4) is 5.69 Å². The number of aromatic nitrogens is 5. The number of hydrogen-bond donors (Lipinski definition) is 1. The van der Waals surface area contributed by atoms with E-state index < -0.39 is 5.82 Å². The highest BCUT2D eigenvalue weighted by Crippen LogP contribution is 2.23. The zero-order chi connectivity index (χ0) is 18.1. The van der Waals surface area contributed by atoms with E-state index in [0.29, 0.717) is 12.2 Å². The van der Waals surface area contributed by atoms with E-state index in [1.807, 2.05) is 30.2 Å². The SMILES string of the molecule is Cl.Cn1ccnc1C1CNCCN1Cc1cn(-c2ccc(F)c(Cl)c2)nn1. The van der Waals surface area contributed by atoms with E-state index >= 15 is 0 Å². The quantitative estimate of drug-likeness (QED) is 0.713. The van der Waals surface area contributed by atoms with Gasteiger partial charge in [0.05, 0.1) is 28.6 Å². The third-order valence-corrected chi connectivity index (χ3v) is 4.87. The lowest BCUT2D eigenvalue weighted by Gasteiger charge is -2.35. The van der Waals surface area contributed by atoms with Crippen LogP contribution < -0.4 is 5.32 Å². The van der Waals surface area contributed by atoms with Gasteiger partial charge < -0.3 is 9.88 Å². The Labute approximate surface area is 167 Å². The van der Waals surface area contributed by atoms with Crippen molar-refractivity contribution in [2.24, 2.45) is 7.05 Å². The maximum Gasteiger partial charge on any atom is 0.141 e. The number of benzene rings is 1. The third-order valence-electron chi connectivity index (χ3n) is 4.58. The second kappa shape index (κ2) is 8.35. The summed E-state index contributed by atoms with van der Waals surface area (Å²) in [6.45, 7) is 3.32. The Morgan fingerprint density at radius 2 is 2.22 bits per heavy atom. The molecule has 1 fully saturated rings. The smallest absolute Gasteiger partial charge is 0.141 e. The Morgan fingerprint density at radius 1 is 1.37 bits per heavy atom. The Kier molecular flexibility index (Phi) is 6.11. The number of hydrogen-bond acceptors (Lipinski definition) is 5. The lowest BCUT2D eigenvalue weighted by atomic mass is 10.1. The second-order valence-corrected chi connectivity index (χ2v) is 6.75. The van der Waals surface area contributed by atoms with Crippen LogP contribution >= 0.6 is 24.0 Å². The number of aryl methyl sites for hydroxylation is 1. The van der Waals surface area contributed by atoms with Crippen LogP contribution in [0.3, 0.4) is 0 Å². The van der Waals surface area contributed by atoms with Gasteiger partial charge in [-0.25, -0.2) is 14.1 Å². The molecule has 0 saturated carbocycles. The normalized spacial score (nSPS) is 17.7. The molecular formula is C17H20Cl2FN7. The summed E-state index contributed by atoms with van der Waals surface area (Å²) in [5.74, 6) is 0.574. The van der Waals surface area contributed by atoms with E-state index in [2.05, 4.69) is 25.5 Å². The molecule has 1 saturated heterocycles. The fraction of sp³-hybridized carbons (Fsp3) is 0.353. The predicted octanol–water partition coefficient (Wildman–Crippen LogP) is 2.36. The molecule has 4 rings (SSSR count). The zero-order valence-electron chi connectivity index (χ0n) is 14.7. The molecule has 7 nitrogen and oxygen atoms in total. The molecule has 0 aliphatic carbocycles. The summed E-state index contributed by atoms with van der Waals surface area (Å²) in [4.78, 5) is 6.83. The number of halogens is 3. The summed E-state index contributed by atoms with van der Waals surface area (Å²) in [5.41, 5.74) is 1.52. The topological polar surface area (TPSA) is 63.8 Å². The molecule has 0 amide bonds. The van der Waals surface area contributed by atoms with Crippen molar-refractivity contribution in [1.82, 2.24) is 34.8 Å². The van der Waals surface area contributed by atoms with Crippen LogP contribution in [0.5, 0.6) is 0 Å². The van der Waals surface area contributed by atoms with Gasteiger partial charge in [-0.1, -0.05) is 16.8 Å². The molecule has 0 bridgehead atoms. The minimum absolute atomic E-state index is 0. The van der Waals surface area contributed by atoms with Crippen molar-refractivity contribution < 1.29 is 4.39 Å². The second-order valence-electron chi connectivity index (χ2n) is 6.34. The number of imidazole rings is 1. The monoisotopic (exact) mass is 411 g/mol. The minimum Gasteiger partial charge on any atom is -0.337 e. The maximum atomic E-state index is 13.3. The molecule has 1 atom stereocenters. The van der Waals surface area contributed by atoms with E-state index in [4.69, 9.17) is 11.6 Å². The highest BCUT2D eigenvalue weighted by Gasteiger charge is 2.27. The van der Waals surface area contributed by atoms with Crippen LogP contribution in [0.15, 0.2) is 36.8 Å². The van der Waals surface area contributed by atoms with Crippen LogP contribution in [0.1, 0.15) is 17.6 Å². The van der Waals surface area contributed by atoms with Crippen LogP contribution in [0.4, 0.5) is 4.39 Å². The Morgan fingerprint density at radius 3 is 2.96 bits per heavy atom. The maximum absolute atomic E-state index is 13.3. The molecule has 0 radical (unpaired) electrons. The van der Waals surface area contributed by atoms with Crippen LogP contribution in [0, 0.1) is 5.82 Å². The first-order valence-electron chi connectivity index (χ1n) is 8.40. The highest BCUT2D eigenvalue weighted by molar-refractivity contribution is 6.30. The Hall–Kier alpha value is -2.00. The molecule has 1 aliphatic rings. The Balaban J connectivity index is 0.00000210. The molecule has 1 aliphatic heterocycles. The van der Waals surface area contributed by atoms with Gasteiger partial charge in [-0.05, 0) is 18.2 Å². The van der Waals surface area contributed by atoms with Gasteiger partial charge in [0.1, 0.15) is 11.6 Å². The number of rotatable bonds is 4. The molecule has 1 N–H and O–H groups in total. The third kappa shape index (κ3) is 4.14. The van der Waals surface area contributed by atoms with Gasteiger partial charge in [0, 0.05) is 45.6 Å². The van der Waals surface area contributed by atoms with E-state index in [9.17, 15) is 4.39 Å². The number of piperazine rings is 1. The first kappa shape index (κ1) is 19.8. The van der Waals surface area contributed by atoms with Crippen LogP contribution in [0.2, 0.25) is 5.02 Å². The van der Waals surface area contributed by atoms with E-state index in [0.717, 1.165) is 31.2 Å². The molecule has 3 aromatic rings. The van der Waals surface area contributed by atoms with Gasteiger partial charge in [-0.3, -0.25) is 4.90 Å². The summed E-state index contributed by atoms with van der Waals surface area (Å²) < 4.78 is 17.0. The van der Waals surface area contributed by atoms with Crippen molar-refractivity contribution in [2.75, 3.05) is 19.6 Å². The zero-order valence-corrected chi connectivity index (χ0v) is 16.3. The van der Waals surface area contributed by atoms with E-state index in [1.54, 1.807) is 10.7 Å². The molecule has 1 unspecified atom stereocenters. The highest BCUT2D eigenvalue weighted by atomic mass is 35.5.